The minimum Gasteiger partial charge on any atom is -0.315 e. The van der Waals surface area contributed by atoms with E-state index >= 15 is 0 Å². The molecule has 1 aromatic carbocycles. The number of non-ortho nitro benzene ring substituents is 1. The number of pyridine rings is 1. The number of benzene rings is 1. The van der Waals surface area contributed by atoms with E-state index in [1.165, 1.54) is 43.1 Å². The van der Waals surface area contributed by atoms with Gasteiger partial charge >= 0.3 is 5.97 Å². The molecule has 0 aliphatic rings. The molecule has 1 unspecified atom stereocenters. The van der Waals surface area contributed by atoms with Gasteiger partial charge in [0, 0.05) is 18.0 Å². The highest BCUT2D eigenvalue weighted by Crippen LogP contribution is 2.31. The Morgan fingerprint density at radius 2 is 2.22 bits per heavy atom. The zero-order valence-electron chi connectivity index (χ0n) is 12.5. The molecule has 0 bridgehead atoms. The summed E-state index contributed by atoms with van der Waals surface area (Å²) in [5, 5.41) is 11.3. The molecular weight excluding hydrogens is 322 g/mol. The van der Waals surface area contributed by atoms with Crippen molar-refractivity contribution in [2.24, 2.45) is 5.73 Å². The van der Waals surface area contributed by atoms with Gasteiger partial charge < -0.3 is 5.73 Å². The van der Waals surface area contributed by atoms with Crippen molar-refractivity contribution in [3.8, 4) is 5.75 Å². The van der Waals surface area contributed by atoms with Crippen LogP contribution in [0.15, 0.2) is 30.5 Å². The Labute approximate surface area is 136 Å². The third-order valence-electron chi connectivity index (χ3n) is 3.02. The minimum absolute atomic E-state index is 0.0968. The molecule has 0 spiro atoms. The van der Waals surface area contributed by atoms with Crippen molar-refractivity contribution in [3.05, 3.63) is 40.6 Å². The largest absolute Gasteiger partial charge is 0.375 e. The van der Waals surface area contributed by atoms with Gasteiger partial charge in [0.1, 0.15) is 11.1 Å². The molecule has 9 heteroatoms. The normalized spacial score (nSPS) is 13.3. The molecule has 1 aromatic heterocycles. The summed E-state index contributed by atoms with van der Waals surface area (Å²) >= 11 is 1.40. The van der Waals surface area contributed by atoms with Gasteiger partial charge in [-0.1, -0.05) is 0 Å². The Kier molecular flexibility index (Phi) is 5.02. The van der Waals surface area contributed by atoms with Crippen LogP contribution >= 0.6 is 11.8 Å². The highest BCUT2D eigenvalue weighted by molar-refractivity contribution is 7.98. The maximum atomic E-state index is 11.9. The summed E-state index contributed by atoms with van der Waals surface area (Å²) in [6.07, 6.45) is 3.27. The van der Waals surface area contributed by atoms with E-state index in [1.54, 1.807) is 6.07 Å². The monoisotopic (exact) mass is 337 g/mol. The summed E-state index contributed by atoms with van der Waals surface area (Å²) in [5.74, 6) is -0.289. The van der Waals surface area contributed by atoms with Gasteiger partial charge in [0.25, 0.3) is 5.69 Å². The van der Waals surface area contributed by atoms with E-state index in [4.69, 9.17) is 15.5 Å². The van der Waals surface area contributed by atoms with Gasteiger partial charge in [0.05, 0.1) is 10.3 Å². The molecule has 0 saturated heterocycles. The van der Waals surface area contributed by atoms with E-state index in [9.17, 15) is 14.9 Å². The molecule has 1 heterocycles. The average molecular weight is 337 g/mol. The number of hydrogen-bond acceptors (Lipinski definition) is 8. The number of fused-ring (bicyclic) bond motifs is 1. The molecule has 2 aromatic rings. The molecule has 2 N–H and O–H groups in total. The summed E-state index contributed by atoms with van der Waals surface area (Å²) in [4.78, 5) is 36.3. The third-order valence-corrected chi connectivity index (χ3v) is 3.91. The maximum Gasteiger partial charge on any atom is 0.375 e. The summed E-state index contributed by atoms with van der Waals surface area (Å²) in [6.45, 7) is 1.53. The molecular formula is C14H15N3O5S. The highest BCUT2D eigenvalue weighted by atomic mass is 32.2. The lowest BCUT2D eigenvalue weighted by atomic mass is 10.1. The number of nitro groups is 1. The summed E-state index contributed by atoms with van der Waals surface area (Å²) in [7, 11) is 0. The summed E-state index contributed by atoms with van der Waals surface area (Å²) in [5.41, 5.74) is 4.73. The number of aromatic nitrogens is 1. The van der Waals surface area contributed by atoms with Gasteiger partial charge in [-0.2, -0.15) is 11.8 Å². The number of carbonyl (C=O) groups is 1. The van der Waals surface area contributed by atoms with E-state index in [-0.39, 0.29) is 22.3 Å². The van der Waals surface area contributed by atoms with Crippen molar-refractivity contribution in [3.63, 3.8) is 0 Å². The lowest BCUT2D eigenvalue weighted by Gasteiger charge is -2.19. The second kappa shape index (κ2) is 6.80. The van der Waals surface area contributed by atoms with Crippen molar-refractivity contribution in [2.75, 3.05) is 12.0 Å². The molecule has 8 nitrogen and oxygen atoms in total. The van der Waals surface area contributed by atoms with Gasteiger partial charge in [-0.25, -0.2) is 9.68 Å². The maximum absolute atomic E-state index is 11.9. The fourth-order valence-electron chi connectivity index (χ4n) is 1.89. The Hall–Kier alpha value is -2.39. The Balaban J connectivity index is 2.27. The summed E-state index contributed by atoms with van der Waals surface area (Å²) in [6, 6.07) is 5.69. The van der Waals surface area contributed by atoms with Crippen LogP contribution in [0.2, 0.25) is 0 Å². The van der Waals surface area contributed by atoms with Crippen LogP contribution in [0.4, 0.5) is 5.69 Å². The lowest BCUT2D eigenvalue weighted by Crippen LogP contribution is -2.48. The molecule has 0 amide bonds. The zero-order valence-corrected chi connectivity index (χ0v) is 13.3. The van der Waals surface area contributed by atoms with Crippen LogP contribution in [0.5, 0.6) is 5.75 Å². The van der Waals surface area contributed by atoms with Gasteiger partial charge in [0.15, 0.2) is 0 Å². The van der Waals surface area contributed by atoms with Gasteiger partial charge in [-0.3, -0.25) is 20.0 Å². The molecule has 0 fully saturated rings. The molecule has 23 heavy (non-hydrogen) atoms. The van der Waals surface area contributed by atoms with Crippen molar-refractivity contribution < 1.29 is 19.5 Å². The first-order chi connectivity index (χ1) is 10.9. The number of nitrogens with two attached hydrogens (primary N) is 1. The van der Waals surface area contributed by atoms with Gasteiger partial charge in [-0.05, 0) is 31.4 Å². The fourth-order valence-corrected chi connectivity index (χ4v) is 2.61. The van der Waals surface area contributed by atoms with Crippen molar-refractivity contribution in [1.29, 1.82) is 0 Å². The first-order valence-electron chi connectivity index (χ1n) is 6.55. The van der Waals surface area contributed by atoms with Crippen molar-refractivity contribution >= 4 is 34.3 Å². The molecule has 1 atom stereocenters. The molecule has 0 aliphatic carbocycles. The van der Waals surface area contributed by atoms with E-state index in [2.05, 4.69) is 4.98 Å². The van der Waals surface area contributed by atoms with Crippen LogP contribution in [0.25, 0.3) is 10.9 Å². The third kappa shape index (κ3) is 3.69. The van der Waals surface area contributed by atoms with Crippen LogP contribution in [0.1, 0.15) is 6.92 Å². The Morgan fingerprint density at radius 1 is 1.48 bits per heavy atom. The fraction of sp³-hybridized carbons (Fsp3) is 0.286. The van der Waals surface area contributed by atoms with Crippen LogP contribution in [-0.4, -0.2) is 33.4 Å². The number of carbonyl (C=O) groups excluding carboxylic acids is 1. The SMILES string of the molecule is CSCC(C)(N)C(=O)OOc1ccc([N+](=O)[O-])c2cccnc12. The van der Waals surface area contributed by atoms with E-state index in [1.807, 2.05) is 6.26 Å². The number of rotatable bonds is 6. The van der Waals surface area contributed by atoms with Crippen molar-refractivity contribution in [1.82, 2.24) is 4.98 Å². The quantitative estimate of drug-likeness (QED) is 0.483. The first kappa shape index (κ1) is 17.0. The number of nitrogens with zero attached hydrogens (tertiary/aromatic N) is 2. The molecule has 0 saturated carbocycles. The van der Waals surface area contributed by atoms with E-state index in [0.717, 1.165) is 0 Å². The molecule has 0 aliphatic heterocycles. The van der Waals surface area contributed by atoms with Crippen LogP contribution < -0.4 is 10.6 Å². The van der Waals surface area contributed by atoms with Crippen LogP contribution in [0, 0.1) is 10.1 Å². The summed E-state index contributed by atoms with van der Waals surface area (Å²) < 4.78 is 0. The number of nitro benzene ring substituents is 1. The predicted octanol–water partition coefficient (Wildman–Crippen LogP) is 2.06. The van der Waals surface area contributed by atoms with Gasteiger partial charge in [0.2, 0.25) is 5.75 Å². The molecule has 0 radical (unpaired) electrons. The second-order valence-corrected chi connectivity index (χ2v) is 5.91. The molecule has 122 valence electrons. The van der Waals surface area contributed by atoms with Crippen molar-refractivity contribution in [2.45, 2.75) is 12.5 Å². The first-order valence-corrected chi connectivity index (χ1v) is 7.95. The zero-order chi connectivity index (χ0) is 17.0. The van der Waals surface area contributed by atoms with E-state index < -0.39 is 16.4 Å². The highest BCUT2D eigenvalue weighted by Gasteiger charge is 2.31. The van der Waals surface area contributed by atoms with E-state index in [0.29, 0.717) is 5.75 Å². The lowest BCUT2D eigenvalue weighted by molar-refractivity contribution is -0.383. The number of hydrogen-bond donors (Lipinski definition) is 1. The standard InChI is InChI=1S/C14H15N3O5S/c1-14(15,8-23-2)13(18)22-21-11-6-5-10(17(19)20)9-4-3-7-16-12(9)11/h3-7H,8,15H2,1-2H3. The Bertz CT molecular complexity index is 750. The van der Waals surface area contributed by atoms with Gasteiger partial charge in [-0.15, -0.1) is 0 Å². The molecule has 2 rings (SSSR count). The average Bonchev–Trinajstić information content (AvgIpc) is 2.51. The Morgan fingerprint density at radius 3 is 2.87 bits per heavy atom. The number of thioether (sulfide) groups is 1. The second-order valence-electron chi connectivity index (χ2n) is 5.04. The van der Waals surface area contributed by atoms with Crippen LogP contribution in [-0.2, 0) is 9.68 Å². The smallest absolute Gasteiger partial charge is 0.315 e. The van der Waals surface area contributed by atoms with Crippen LogP contribution in [0.3, 0.4) is 0 Å². The predicted molar refractivity (Wildman–Crippen MR) is 86.1 cm³/mol. The topological polar surface area (TPSA) is 118 Å². The minimum atomic E-state index is -1.20.